The Morgan fingerprint density at radius 3 is 2.50 bits per heavy atom. The van der Waals surface area contributed by atoms with Crippen molar-refractivity contribution in [3.63, 3.8) is 0 Å². The van der Waals surface area contributed by atoms with E-state index in [-0.39, 0.29) is 5.82 Å². The number of piperidine rings is 1. The van der Waals surface area contributed by atoms with Gasteiger partial charge in [0.1, 0.15) is 11.3 Å². The summed E-state index contributed by atoms with van der Waals surface area (Å²) >= 11 is 0. The maximum absolute atomic E-state index is 13.5. The highest BCUT2D eigenvalue weighted by Crippen LogP contribution is 2.31. The van der Waals surface area contributed by atoms with Crippen LogP contribution < -0.4 is 0 Å². The van der Waals surface area contributed by atoms with Crippen LogP contribution in [0.2, 0.25) is 0 Å². The van der Waals surface area contributed by atoms with Crippen LogP contribution >= 0.6 is 0 Å². The number of H-pyrrole nitrogens is 2. The molecule has 2 N–H and O–H groups in total. The van der Waals surface area contributed by atoms with Crippen LogP contribution in [-0.4, -0.2) is 53.1 Å². The van der Waals surface area contributed by atoms with E-state index in [4.69, 9.17) is 9.97 Å². The number of nitrogens with zero attached hydrogens (tertiary/aromatic N) is 6. The van der Waals surface area contributed by atoms with E-state index in [9.17, 15) is 4.39 Å². The number of hydrogen-bond acceptors (Lipinski definition) is 6. The van der Waals surface area contributed by atoms with E-state index >= 15 is 0 Å². The quantitative estimate of drug-likeness (QED) is 0.310. The molecule has 1 aliphatic heterocycles. The first-order chi connectivity index (χ1) is 18.7. The van der Waals surface area contributed by atoms with Crippen molar-refractivity contribution < 1.29 is 4.39 Å². The molecule has 0 aliphatic carbocycles. The Bertz CT molecular complexity index is 1750. The molecule has 1 saturated heterocycles. The molecule has 0 radical (unpaired) electrons. The second-order valence-corrected chi connectivity index (χ2v) is 9.76. The molecule has 0 bridgehead atoms. The highest BCUT2D eigenvalue weighted by atomic mass is 19.1. The summed E-state index contributed by atoms with van der Waals surface area (Å²) in [4.78, 5) is 24.5. The molecule has 6 heterocycles. The number of aromatic nitrogens is 7. The number of hydrogen-bond donors (Lipinski definition) is 2. The van der Waals surface area contributed by atoms with Crippen LogP contribution in [0.4, 0.5) is 4.39 Å². The maximum atomic E-state index is 13.5. The summed E-state index contributed by atoms with van der Waals surface area (Å²) in [6.07, 6.45) is 11.1. The Morgan fingerprint density at radius 1 is 0.789 bits per heavy atom. The summed E-state index contributed by atoms with van der Waals surface area (Å²) in [6, 6.07) is 12.5. The largest absolute Gasteiger partial charge is 0.335 e. The maximum Gasteiger partial charge on any atom is 0.161 e. The molecule has 0 atom stereocenters. The first kappa shape index (κ1) is 22.7. The topological polar surface area (TPSA) is 99.3 Å². The molecule has 0 unspecified atom stereocenters. The summed E-state index contributed by atoms with van der Waals surface area (Å²) in [7, 11) is 0. The van der Waals surface area contributed by atoms with E-state index in [2.05, 4.69) is 36.1 Å². The lowest BCUT2D eigenvalue weighted by Gasteiger charge is -2.26. The average Bonchev–Trinajstić information content (AvgIpc) is 3.58. The third kappa shape index (κ3) is 4.20. The van der Waals surface area contributed by atoms with Crippen molar-refractivity contribution in [2.45, 2.75) is 25.8 Å². The van der Waals surface area contributed by atoms with Crippen molar-refractivity contribution >= 4 is 22.1 Å². The molecule has 0 amide bonds. The predicted octanol–water partition coefficient (Wildman–Crippen LogP) is 5.75. The molecule has 188 valence electrons. The number of benzene rings is 1. The second-order valence-electron chi connectivity index (χ2n) is 9.76. The van der Waals surface area contributed by atoms with Gasteiger partial charge in [-0.1, -0.05) is 18.6 Å². The summed E-state index contributed by atoms with van der Waals surface area (Å²) in [6.45, 7) is 3.19. The standard InChI is InChI=1S/C29H25FN8/c30-21-6-4-19(5-7-21)22-15-32-16-25-26(22)35-29(34-25)28-27-24(36-37-28)9-8-23(33-27)20-12-18(13-31-14-20)17-38-10-2-1-3-11-38/h4-9,12-16H,1-3,10-11,17H2,(H,34,35)(H,36,37). The van der Waals surface area contributed by atoms with Gasteiger partial charge in [0.15, 0.2) is 11.5 Å². The minimum absolute atomic E-state index is 0.284. The van der Waals surface area contributed by atoms with E-state index in [1.165, 1.54) is 37.0 Å². The Labute approximate surface area is 218 Å². The van der Waals surface area contributed by atoms with Crippen LogP contribution in [-0.2, 0) is 6.54 Å². The Kier molecular flexibility index (Phi) is 5.62. The van der Waals surface area contributed by atoms with Gasteiger partial charge in [0.25, 0.3) is 0 Å². The summed E-state index contributed by atoms with van der Waals surface area (Å²) in [5, 5.41) is 7.61. The minimum Gasteiger partial charge on any atom is -0.335 e. The fraction of sp³-hybridized carbons (Fsp3) is 0.207. The van der Waals surface area contributed by atoms with E-state index in [1.807, 2.05) is 24.5 Å². The van der Waals surface area contributed by atoms with Gasteiger partial charge in [0.05, 0.1) is 28.4 Å². The molecule has 1 fully saturated rings. The number of aromatic amines is 2. The summed E-state index contributed by atoms with van der Waals surface area (Å²) in [5.74, 6) is 0.304. The number of halogens is 1. The van der Waals surface area contributed by atoms with Crippen LogP contribution in [0.5, 0.6) is 0 Å². The molecule has 38 heavy (non-hydrogen) atoms. The van der Waals surface area contributed by atoms with Gasteiger partial charge in [-0.05, 0) is 67.4 Å². The Balaban J connectivity index is 1.25. The zero-order chi connectivity index (χ0) is 25.5. The van der Waals surface area contributed by atoms with Crippen molar-refractivity contribution in [2.24, 2.45) is 0 Å². The lowest BCUT2D eigenvalue weighted by Crippen LogP contribution is -2.29. The van der Waals surface area contributed by atoms with Crippen molar-refractivity contribution in [1.29, 1.82) is 0 Å². The van der Waals surface area contributed by atoms with Crippen LogP contribution in [0.1, 0.15) is 24.8 Å². The molecule has 1 aromatic carbocycles. The third-order valence-corrected chi connectivity index (χ3v) is 7.13. The second kappa shape index (κ2) is 9.42. The average molecular weight is 505 g/mol. The van der Waals surface area contributed by atoms with Gasteiger partial charge in [-0.15, -0.1) is 0 Å². The molecule has 5 aromatic heterocycles. The molecule has 8 nitrogen and oxygen atoms in total. The van der Waals surface area contributed by atoms with Gasteiger partial charge >= 0.3 is 0 Å². The van der Waals surface area contributed by atoms with Crippen LogP contribution in [0.15, 0.2) is 67.3 Å². The highest BCUT2D eigenvalue weighted by Gasteiger charge is 2.18. The van der Waals surface area contributed by atoms with Gasteiger partial charge in [-0.2, -0.15) is 5.10 Å². The molecule has 6 aromatic rings. The minimum atomic E-state index is -0.284. The number of fused-ring (bicyclic) bond motifs is 2. The predicted molar refractivity (Wildman–Crippen MR) is 145 cm³/mol. The van der Waals surface area contributed by atoms with E-state index in [1.54, 1.807) is 24.5 Å². The van der Waals surface area contributed by atoms with Crippen LogP contribution in [0.25, 0.3) is 56.0 Å². The Hall–Kier alpha value is -4.50. The van der Waals surface area contributed by atoms with E-state index in [0.717, 1.165) is 64.1 Å². The summed E-state index contributed by atoms with van der Waals surface area (Å²) < 4.78 is 13.5. The number of likely N-dealkylation sites (tertiary alicyclic amines) is 1. The van der Waals surface area contributed by atoms with Crippen molar-refractivity contribution in [3.05, 3.63) is 78.6 Å². The van der Waals surface area contributed by atoms with Crippen LogP contribution in [0, 0.1) is 5.82 Å². The smallest absolute Gasteiger partial charge is 0.161 e. The fourth-order valence-electron chi connectivity index (χ4n) is 5.20. The van der Waals surface area contributed by atoms with Crippen LogP contribution in [0.3, 0.4) is 0 Å². The first-order valence-corrected chi connectivity index (χ1v) is 12.8. The van der Waals surface area contributed by atoms with E-state index in [0.29, 0.717) is 11.5 Å². The summed E-state index contributed by atoms with van der Waals surface area (Å²) in [5.41, 5.74) is 8.32. The number of rotatable bonds is 5. The molecule has 0 spiro atoms. The first-order valence-electron chi connectivity index (χ1n) is 12.8. The number of imidazole rings is 1. The molecular formula is C29H25FN8. The number of nitrogens with one attached hydrogen (secondary N) is 2. The monoisotopic (exact) mass is 504 g/mol. The van der Waals surface area contributed by atoms with Gasteiger partial charge < -0.3 is 4.98 Å². The van der Waals surface area contributed by atoms with Crippen molar-refractivity contribution in [3.8, 4) is 33.9 Å². The molecule has 0 saturated carbocycles. The third-order valence-electron chi connectivity index (χ3n) is 7.13. The van der Waals surface area contributed by atoms with Gasteiger partial charge in [0.2, 0.25) is 0 Å². The Morgan fingerprint density at radius 2 is 1.63 bits per heavy atom. The molecule has 1 aliphatic rings. The van der Waals surface area contributed by atoms with Crippen molar-refractivity contribution in [2.75, 3.05) is 13.1 Å². The SMILES string of the molecule is Fc1ccc(-c2cncc3[nH]c(-c4n[nH]c5ccc(-c6cncc(CN7CCCCC7)c6)nc45)nc23)cc1. The van der Waals surface area contributed by atoms with Gasteiger partial charge in [0, 0.05) is 36.3 Å². The van der Waals surface area contributed by atoms with Gasteiger partial charge in [-0.3, -0.25) is 20.0 Å². The lowest BCUT2D eigenvalue weighted by molar-refractivity contribution is 0.220. The normalized spacial score (nSPS) is 14.4. The molecule has 9 heteroatoms. The van der Waals surface area contributed by atoms with Crippen molar-refractivity contribution in [1.82, 2.24) is 40.0 Å². The fourth-order valence-corrected chi connectivity index (χ4v) is 5.20. The number of pyridine rings is 3. The molecule has 7 rings (SSSR count). The zero-order valence-corrected chi connectivity index (χ0v) is 20.7. The zero-order valence-electron chi connectivity index (χ0n) is 20.7. The van der Waals surface area contributed by atoms with E-state index < -0.39 is 0 Å². The highest BCUT2D eigenvalue weighted by molar-refractivity contribution is 5.95. The van der Waals surface area contributed by atoms with Gasteiger partial charge in [-0.25, -0.2) is 14.4 Å². The molecular weight excluding hydrogens is 479 g/mol. The lowest BCUT2D eigenvalue weighted by atomic mass is 10.1.